The molecule has 2 aromatic rings. The number of nitrogen functional groups attached to an aromatic ring is 1. The van der Waals surface area contributed by atoms with Crippen LogP contribution >= 0.6 is 11.6 Å². The Bertz CT molecular complexity index is 707. The average Bonchev–Trinajstić information content (AvgIpc) is 2.44. The number of hydrogen-bond acceptors (Lipinski definition) is 2. The summed E-state index contributed by atoms with van der Waals surface area (Å²) in [6.07, 6.45) is 0. The first-order valence-corrected chi connectivity index (χ1v) is 6.23. The lowest BCUT2D eigenvalue weighted by molar-refractivity contribution is 0.0942. The molecular formula is C14H10ClF3N2O. The maximum atomic E-state index is 13.7. The maximum absolute atomic E-state index is 13.7. The van der Waals surface area contributed by atoms with Gasteiger partial charge in [-0.1, -0.05) is 17.7 Å². The summed E-state index contributed by atoms with van der Waals surface area (Å²) < 4.78 is 40.1. The minimum atomic E-state index is -1.12. The predicted molar refractivity (Wildman–Crippen MR) is 73.4 cm³/mol. The Morgan fingerprint density at radius 1 is 1.14 bits per heavy atom. The van der Waals surface area contributed by atoms with Crippen LogP contribution in [0, 0.1) is 17.5 Å². The van der Waals surface area contributed by atoms with Crippen LogP contribution in [0.3, 0.4) is 0 Å². The van der Waals surface area contributed by atoms with E-state index in [9.17, 15) is 18.0 Å². The summed E-state index contributed by atoms with van der Waals surface area (Å²) in [5, 5.41) is 2.21. The van der Waals surface area contributed by atoms with Crippen LogP contribution in [0.15, 0.2) is 30.3 Å². The molecule has 3 nitrogen and oxygen atoms in total. The number of halogens is 4. The minimum Gasteiger partial charge on any atom is -0.396 e. The highest BCUT2D eigenvalue weighted by molar-refractivity contribution is 6.30. The van der Waals surface area contributed by atoms with Gasteiger partial charge in [0, 0.05) is 6.54 Å². The molecule has 110 valence electrons. The molecule has 0 aliphatic heterocycles. The fraction of sp³-hybridized carbons (Fsp3) is 0.0714. The van der Waals surface area contributed by atoms with Crippen molar-refractivity contribution in [3.05, 3.63) is 63.9 Å². The fourth-order valence-corrected chi connectivity index (χ4v) is 1.90. The Labute approximate surface area is 123 Å². The van der Waals surface area contributed by atoms with E-state index in [1.165, 1.54) is 12.1 Å². The summed E-state index contributed by atoms with van der Waals surface area (Å²) in [4.78, 5) is 11.8. The molecule has 0 fully saturated rings. The second kappa shape index (κ2) is 6.05. The molecule has 0 aromatic heterocycles. The molecule has 3 N–H and O–H groups in total. The number of benzene rings is 2. The summed E-state index contributed by atoms with van der Waals surface area (Å²) in [6, 6.07) is 5.77. The van der Waals surface area contributed by atoms with E-state index in [2.05, 4.69) is 5.32 Å². The summed E-state index contributed by atoms with van der Waals surface area (Å²) >= 11 is 5.59. The molecule has 7 heteroatoms. The van der Waals surface area contributed by atoms with E-state index in [0.29, 0.717) is 5.56 Å². The summed E-state index contributed by atoms with van der Waals surface area (Å²) in [5.41, 5.74) is 4.69. The van der Waals surface area contributed by atoms with Gasteiger partial charge in [0.1, 0.15) is 17.2 Å². The van der Waals surface area contributed by atoms with Gasteiger partial charge in [0.05, 0.1) is 10.7 Å². The third kappa shape index (κ3) is 3.28. The van der Waals surface area contributed by atoms with Crippen LogP contribution in [-0.2, 0) is 6.54 Å². The molecule has 0 unspecified atom stereocenters. The number of carbonyl (C=O) groups excluding carboxylic acids is 1. The zero-order chi connectivity index (χ0) is 15.6. The molecule has 0 bridgehead atoms. The Kier molecular flexibility index (Phi) is 4.37. The lowest BCUT2D eigenvalue weighted by Crippen LogP contribution is -2.25. The van der Waals surface area contributed by atoms with Crippen molar-refractivity contribution in [2.45, 2.75) is 6.54 Å². The van der Waals surface area contributed by atoms with Gasteiger partial charge >= 0.3 is 0 Å². The van der Waals surface area contributed by atoms with Crippen molar-refractivity contribution in [2.75, 3.05) is 5.73 Å². The SMILES string of the molecule is Nc1ccc(F)c(C(=O)NCc2ccc(F)c(Cl)c2)c1F. The van der Waals surface area contributed by atoms with Crippen LogP contribution in [0.2, 0.25) is 5.02 Å². The van der Waals surface area contributed by atoms with Crippen LogP contribution in [0.4, 0.5) is 18.9 Å². The van der Waals surface area contributed by atoms with E-state index in [1.807, 2.05) is 0 Å². The zero-order valence-electron chi connectivity index (χ0n) is 10.6. The van der Waals surface area contributed by atoms with E-state index in [1.54, 1.807) is 0 Å². The molecule has 2 aromatic carbocycles. The summed E-state index contributed by atoms with van der Waals surface area (Å²) in [7, 11) is 0. The van der Waals surface area contributed by atoms with Gasteiger partial charge in [-0.2, -0.15) is 0 Å². The van der Waals surface area contributed by atoms with Crippen LogP contribution < -0.4 is 11.1 Å². The number of hydrogen-bond donors (Lipinski definition) is 2. The van der Waals surface area contributed by atoms with Crippen molar-refractivity contribution in [3.8, 4) is 0 Å². The quantitative estimate of drug-likeness (QED) is 0.854. The lowest BCUT2D eigenvalue weighted by atomic mass is 10.1. The van der Waals surface area contributed by atoms with Crippen LogP contribution in [0.1, 0.15) is 15.9 Å². The number of nitrogens with one attached hydrogen (secondary N) is 1. The number of rotatable bonds is 3. The molecule has 0 atom stereocenters. The number of carbonyl (C=O) groups is 1. The lowest BCUT2D eigenvalue weighted by Gasteiger charge is -2.09. The molecular weight excluding hydrogens is 305 g/mol. The number of nitrogens with two attached hydrogens (primary N) is 1. The molecule has 0 aliphatic rings. The Morgan fingerprint density at radius 3 is 2.48 bits per heavy atom. The van der Waals surface area contributed by atoms with Crippen LogP contribution in [0.5, 0.6) is 0 Å². The van der Waals surface area contributed by atoms with Crippen molar-refractivity contribution in [2.24, 2.45) is 0 Å². The highest BCUT2D eigenvalue weighted by Crippen LogP contribution is 2.19. The molecule has 0 spiro atoms. The van der Waals surface area contributed by atoms with E-state index < -0.39 is 28.9 Å². The molecule has 2 rings (SSSR count). The maximum Gasteiger partial charge on any atom is 0.257 e. The van der Waals surface area contributed by atoms with Gasteiger partial charge in [-0.15, -0.1) is 0 Å². The largest absolute Gasteiger partial charge is 0.396 e. The van der Waals surface area contributed by atoms with Crippen molar-refractivity contribution in [3.63, 3.8) is 0 Å². The summed E-state index contributed by atoms with van der Waals surface area (Å²) in [5.74, 6) is -3.70. The van der Waals surface area contributed by atoms with Crippen molar-refractivity contribution >= 4 is 23.2 Å². The first-order valence-electron chi connectivity index (χ1n) is 5.85. The Balaban J connectivity index is 2.15. The third-order valence-electron chi connectivity index (χ3n) is 2.79. The number of amides is 1. The molecule has 1 amide bonds. The fourth-order valence-electron chi connectivity index (χ4n) is 1.70. The topological polar surface area (TPSA) is 55.1 Å². The van der Waals surface area contributed by atoms with Crippen LogP contribution in [-0.4, -0.2) is 5.91 Å². The van der Waals surface area contributed by atoms with Gasteiger partial charge in [0.25, 0.3) is 5.91 Å². The molecule has 0 heterocycles. The van der Waals surface area contributed by atoms with Crippen molar-refractivity contribution < 1.29 is 18.0 Å². The second-order valence-electron chi connectivity index (χ2n) is 4.26. The molecule has 0 aliphatic carbocycles. The second-order valence-corrected chi connectivity index (χ2v) is 4.66. The van der Waals surface area contributed by atoms with Gasteiger partial charge in [-0.25, -0.2) is 13.2 Å². The van der Waals surface area contributed by atoms with E-state index in [4.69, 9.17) is 17.3 Å². The van der Waals surface area contributed by atoms with E-state index in [0.717, 1.165) is 18.2 Å². The molecule has 0 radical (unpaired) electrons. The van der Waals surface area contributed by atoms with E-state index in [-0.39, 0.29) is 17.3 Å². The highest BCUT2D eigenvalue weighted by Gasteiger charge is 2.19. The third-order valence-corrected chi connectivity index (χ3v) is 3.07. The highest BCUT2D eigenvalue weighted by atomic mass is 35.5. The number of anilines is 1. The average molecular weight is 315 g/mol. The first-order chi connectivity index (χ1) is 9.90. The van der Waals surface area contributed by atoms with Crippen molar-refractivity contribution in [1.29, 1.82) is 0 Å². The molecule has 21 heavy (non-hydrogen) atoms. The van der Waals surface area contributed by atoms with Gasteiger partial charge in [-0.05, 0) is 29.8 Å². The monoisotopic (exact) mass is 314 g/mol. The predicted octanol–water partition coefficient (Wildman–Crippen LogP) is 3.27. The standard InChI is InChI=1S/C14H10ClF3N2O/c15-8-5-7(1-2-9(8)16)6-20-14(21)12-10(17)3-4-11(19)13(12)18/h1-5H,6,19H2,(H,20,21). The minimum absolute atomic E-state index is 0.0630. The van der Waals surface area contributed by atoms with Gasteiger partial charge < -0.3 is 11.1 Å². The van der Waals surface area contributed by atoms with Crippen molar-refractivity contribution in [1.82, 2.24) is 5.32 Å². The van der Waals surface area contributed by atoms with Gasteiger partial charge in [-0.3, -0.25) is 4.79 Å². The first kappa shape index (κ1) is 15.2. The normalized spacial score (nSPS) is 10.5. The Morgan fingerprint density at radius 2 is 1.81 bits per heavy atom. The molecule has 0 saturated heterocycles. The van der Waals surface area contributed by atoms with Crippen LogP contribution in [0.25, 0.3) is 0 Å². The van der Waals surface area contributed by atoms with Gasteiger partial charge in [0.2, 0.25) is 0 Å². The summed E-state index contributed by atoms with van der Waals surface area (Å²) in [6.45, 7) is -0.0630. The smallest absolute Gasteiger partial charge is 0.257 e. The van der Waals surface area contributed by atoms with Gasteiger partial charge in [0.15, 0.2) is 5.82 Å². The van der Waals surface area contributed by atoms with E-state index >= 15 is 0 Å². The molecule has 0 saturated carbocycles. The zero-order valence-corrected chi connectivity index (χ0v) is 11.3. The Hall–Kier alpha value is -2.21.